The molecule has 0 saturated carbocycles. The summed E-state index contributed by atoms with van der Waals surface area (Å²) >= 11 is 0. The summed E-state index contributed by atoms with van der Waals surface area (Å²) in [7, 11) is 3.95. The zero-order valence-electron chi connectivity index (χ0n) is 11.7. The molecule has 0 aromatic heterocycles. The van der Waals surface area contributed by atoms with Gasteiger partial charge in [-0.25, -0.2) is 0 Å². The highest BCUT2D eigenvalue weighted by Gasteiger charge is 2.23. The minimum atomic E-state index is 0.211. The second kappa shape index (κ2) is 8.03. The molecule has 4 nitrogen and oxygen atoms in total. The van der Waals surface area contributed by atoms with Gasteiger partial charge in [0, 0.05) is 32.8 Å². The highest BCUT2D eigenvalue weighted by Crippen LogP contribution is 2.17. The number of methoxy groups -OCH3 is 1. The van der Waals surface area contributed by atoms with Crippen LogP contribution in [0.4, 0.5) is 0 Å². The third kappa shape index (κ3) is 4.92. The Bertz CT molecular complexity index is 197. The molecule has 4 heteroatoms. The van der Waals surface area contributed by atoms with Crippen LogP contribution < -0.4 is 5.73 Å². The lowest BCUT2D eigenvalue weighted by atomic mass is 10.2. The normalized spacial score (nSPS) is 23.5. The molecule has 1 aliphatic heterocycles. The number of nitrogens with two attached hydrogens (primary N) is 1. The monoisotopic (exact) mass is 243 g/mol. The molecule has 1 fully saturated rings. The van der Waals surface area contributed by atoms with Gasteiger partial charge in [-0.05, 0) is 39.4 Å². The SMILES string of the molecule is CCN1CCCC1CN(C)CCC(CN)OC. The summed E-state index contributed by atoms with van der Waals surface area (Å²) < 4.78 is 5.30. The Balaban J connectivity index is 2.22. The molecule has 17 heavy (non-hydrogen) atoms. The minimum absolute atomic E-state index is 0.211. The first-order chi connectivity index (χ1) is 8.21. The van der Waals surface area contributed by atoms with Crippen LogP contribution in [-0.4, -0.2) is 68.8 Å². The van der Waals surface area contributed by atoms with Crippen LogP contribution in [0.1, 0.15) is 26.2 Å². The summed E-state index contributed by atoms with van der Waals surface area (Å²) in [6.45, 7) is 7.58. The lowest BCUT2D eigenvalue weighted by Gasteiger charge is -2.28. The van der Waals surface area contributed by atoms with Gasteiger partial charge in [0.25, 0.3) is 0 Å². The molecular formula is C13H29N3O. The maximum Gasteiger partial charge on any atom is 0.0705 e. The average Bonchev–Trinajstić information content (AvgIpc) is 2.77. The van der Waals surface area contributed by atoms with E-state index in [2.05, 4.69) is 23.8 Å². The van der Waals surface area contributed by atoms with Crippen LogP contribution in [0.2, 0.25) is 0 Å². The van der Waals surface area contributed by atoms with Gasteiger partial charge in [0.2, 0.25) is 0 Å². The van der Waals surface area contributed by atoms with E-state index >= 15 is 0 Å². The van der Waals surface area contributed by atoms with Gasteiger partial charge in [0.15, 0.2) is 0 Å². The highest BCUT2D eigenvalue weighted by atomic mass is 16.5. The molecular weight excluding hydrogens is 214 g/mol. The van der Waals surface area contributed by atoms with Crippen molar-refractivity contribution in [2.75, 3.05) is 46.9 Å². The molecule has 0 amide bonds. The Kier molecular flexibility index (Phi) is 7.04. The molecule has 1 aliphatic rings. The van der Waals surface area contributed by atoms with Crippen molar-refractivity contribution in [3.63, 3.8) is 0 Å². The Labute approximate surface area is 106 Å². The molecule has 1 rings (SSSR count). The highest BCUT2D eigenvalue weighted by molar-refractivity contribution is 4.80. The van der Waals surface area contributed by atoms with E-state index in [0.29, 0.717) is 6.54 Å². The van der Waals surface area contributed by atoms with Crippen molar-refractivity contribution in [1.82, 2.24) is 9.80 Å². The predicted octanol–water partition coefficient (Wildman–Crippen LogP) is 0.766. The maximum atomic E-state index is 5.62. The van der Waals surface area contributed by atoms with Gasteiger partial charge < -0.3 is 15.4 Å². The van der Waals surface area contributed by atoms with E-state index in [1.807, 2.05) is 0 Å². The molecule has 0 radical (unpaired) electrons. The third-order valence-corrected chi connectivity index (χ3v) is 3.86. The summed E-state index contributed by atoms with van der Waals surface area (Å²) in [5.74, 6) is 0. The smallest absolute Gasteiger partial charge is 0.0705 e. The van der Waals surface area contributed by atoms with E-state index in [9.17, 15) is 0 Å². The van der Waals surface area contributed by atoms with Crippen molar-refractivity contribution in [2.24, 2.45) is 5.73 Å². The quantitative estimate of drug-likeness (QED) is 0.683. The molecule has 0 spiro atoms. The zero-order chi connectivity index (χ0) is 12.7. The van der Waals surface area contributed by atoms with Crippen molar-refractivity contribution in [2.45, 2.75) is 38.3 Å². The molecule has 0 bridgehead atoms. The topological polar surface area (TPSA) is 41.7 Å². The van der Waals surface area contributed by atoms with Crippen LogP contribution in [0.25, 0.3) is 0 Å². The Morgan fingerprint density at radius 1 is 1.53 bits per heavy atom. The fraction of sp³-hybridized carbons (Fsp3) is 1.00. The molecule has 1 heterocycles. The Morgan fingerprint density at radius 3 is 2.88 bits per heavy atom. The van der Waals surface area contributed by atoms with Crippen molar-refractivity contribution in [3.05, 3.63) is 0 Å². The molecule has 1 saturated heterocycles. The number of ether oxygens (including phenoxy) is 1. The fourth-order valence-electron chi connectivity index (χ4n) is 2.67. The van der Waals surface area contributed by atoms with Crippen LogP contribution in [-0.2, 0) is 4.74 Å². The molecule has 2 atom stereocenters. The van der Waals surface area contributed by atoms with Crippen LogP contribution in [0, 0.1) is 0 Å². The Hall–Kier alpha value is -0.160. The maximum absolute atomic E-state index is 5.62. The van der Waals surface area contributed by atoms with Crippen LogP contribution in [0.3, 0.4) is 0 Å². The van der Waals surface area contributed by atoms with Gasteiger partial charge in [0.05, 0.1) is 6.10 Å². The van der Waals surface area contributed by atoms with Crippen molar-refractivity contribution >= 4 is 0 Å². The number of hydrogen-bond acceptors (Lipinski definition) is 4. The van der Waals surface area contributed by atoms with E-state index in [-0.39, 0.29) is 6.10 Å². The lowest BCUT2D eigenvalue weighted by molar-refractivity contribution is 0.0890. The Morgan fingerprint density at radius 2 is 2.29 bits per heavy atom. The number of likely N-dealkylation sites (tertiary alicyclic amines) is 1. The van der Waals surface area contributed by atoms with Crippen LogP contribution in [0.15, 0.2) is 0 Å². The van der Waals surface area contributed by atoms with Gasteiger partial charge in [-0.2, -0.15) is 0 Å². The molecule has 0 aromatic carbocycles. The van der Waals surface area contributed by atoms with Crippen LogP contribution in [0.5, 0.6) is 0 Å². The first-order valence-corrected chi connectivity index (χ1v) is 6.86. The van der Waals surface area contributed by atoms with Crippen LogP contribution >= 0.6 is 0 Å². The van der Waals surface area contributed by atoms with E-state index in [0.717, 1.165) is 19.0 Å². The van der Waals surface area contributed by atoms with E-state index in [4.69, 9.17) is 10.5 Å². The summed E-state index contributed by atoms with van der Waals surface area (Å²) in [4.78, 5) is 5.01. The second-order valence-electron chi connectivity index (χ2n) is 5.07. The molecule has 0 aromatic rings. The van der Waals surface area contributed by atoms with Gasteiger partial charge in [0.1, 0.15) is 0 Å². The number of hydrogen-bond donors (Lipinski definition) is 1. The molecule has 0 aliphatic carbocycles. The predicted molar refractivity (Wildman–Crippen MR) is 72.2 cm³/mol. The number of nitrogens with zero attached hydrogens (tertiary/aromatic N) is 2. The van der Waals surface area contributed by atoms with Crippen molar-refractivity contribution in [3.8, 4) is 0 Å². The van der Waals surface area contributed by atoms with E-state index in [1.165, 1.54) is 32.5 Å². The summed E-state index contributed by atoms with van der Waals surface area (Å²) in [5, 5.41) is 0. The fourth-order valence-corrected chi connectivity index (χ4v) is 2.67. The van der Waals surface area contributed by atoms with Crippen molar-refractivity contribution in [1.29, 1.82) is 0 Å². The lowest BCUT2D eigenvalue weighted by Crippen LogP contribution is -2.40. The summed E-state index contributed by atoms with van der Waals surface area (Å²) in [5.41, 5.74) is 5.62. The largest absolute Gasteiger partial charge is 0.380 e. The number of likely N-dealkylation sites (N-methyl/N-ethyl adjacent to an activating group) is 2. The molecule has 2 N–H and O–H groups in total. The zero-order valence-corrected chi connectivity index (χ0v) is 11.7. The van der Waals surface area contributed by atoms with Gasteiger partial charge >= 0.3 is 0 Å². The van der Waals surface area contributed by atoms with E-state index in [1.54, 1.807) is 7.11 Å². The summed E-state index contributed by atoms with van der Waals surface area (Å²) in [6.07, 6.45) is 3.95. The number of rotatable bonds is 8. The van der Waals surface area contributed by atoms with Crippen molar-refractivity contribution < 1.29 is 4.74 Å². The van der Waals surface area contributed by atoms with Gasteiger partial charge in [-0.15, -0.1) is 0 Å². The van der Waals surface area contributed by atoms with E-state index < -0.39 is 0 Å². The average molecular weight is 243 g/mol. The third-order valence-electron chi connectivity index (χ3n) is 3.86. The molecule has 102 valence electrons. The summed E-state index contributed by atoms with van der Waals surface area (Å²) in [6, 6.07) is 0.754. The molecule has 2 unspecified atom stereocenters. The first-order valence-electron chi connectivity index (χ1n) is 6.86. The minimum Gasteiger partial charge on any atom is -0.380 e. The standard InChI is InChI=1S/C13H29N3O/c1-4-16-8-5-6-12(16)11-15(2)9-7-13(10-14)17-3/h12-13H,4-11,14H2,1-3H3. The van der Waals surface area contributed by atoms with Gasteiger partial charge in [-0.1, -0.05) is 6.92 Å². The van der Waals surface area contributed by atoms with Gasteiger partial charge in [-0.3, -0.25) is 4.90 Å². The first kappa shape index (κ1) is 14.9. The second-order valence-corrected chi connectivity index (χ2v) is 5.07.